The standard InChI is InChI=1S/C21H24N2O2S/c1-17-7-9-18(10-8-17)15-22-11-3-5-19(22)16-23(12-13-25-2)21(24)20-6-4-14-26-20/h3-11,14H,12-13,15-16H2,1-2H3. The van der Waals surface area contributed by atoms with Crippen molar-refractivity contribution in [2.45, 2.75) is 20.0 Å². The number of hydrogen-bond donors (Lipinski definition) is 0. The molecule has 0 spiro atoms. The van der Waals surface area contributed by atoms with E-state index in [2.05, 4.69) is 48.0 Å². The molecule has 0 aliphatic heterocycles. The quantitative estimate of drug-likeness (QED) is 0.597. The highest BCUT2D eigenvalue weighted by atomic mass is 32.1. The minimum atomic E-state index is 0.0557. The number of thiophene rings is 1. The van der Waals surface area contributed by atoms with E-state index in [0.29, 0.717) is 19.7 Å². The Morgan fingerprint density at radius 2 is 1.96 bits per heavy atom. The highest BCUT2D eigenvalue weighted by Gasteiger charge is 2.18. The Morgan fingerprint density at radius 3 is 2.65 bits per heavy atom. The number of methoxy groups -OCH3 is 1. The van der Waals surface area contributed by atoms with Gasteiger partial charge in [0, 0.05) is 32.1 Å². The fourth-order valence-corrected chi connectivity index (χ4v) is 3.53. The van der Waals surface area contributed by atoms with Crippen molar-refractivity contribution in [2.24, 2.45) is 0 Å². The van der Waals surface area contributed by atoms with E-state index >= 15 is 0 Å². The first-order chi connectivity index (χ1) is 12.7. The predicted octanol–water partition coefficient (Wildman–Crippen LogP) is 4.20. The Balaban J connectivity index is 1.75. The summed E-state index contributed by atoms with van der Waals surface area (Å²) in [5.74, 6) is 0.0557. The SMILES string of the molecule is COCCN(Cc1cccn1Cc1ccc(C)cc1)C(=O)c1cccs1. The van der Waals surface area contributed by atoms with E-state index in [4.69, 9.17) is 4.74 Å². The molecule has 0 fully saturated rings. The van der Waals surface area contributed by atoms with Crippen molar-refractivity contribution in [3.05, 3.63) is 81.8 Å². The van der Waals surface area contributed by atoms with E-state index in [1.54, 1.807) is 7.11 Å². The van der Waals surface area contributed by atoms with Crippen LogP contribution in [0.2, 0.25) is 0 Å². The topological polar surface area (TPSA) is 34.5 Å². The van der Waals surface area contributed by atoms with Crippen molar-refractivity contribution in [2.75, 3.05) is 20.3 Å². The number of aryl methyl sites for hydroxylation is 1. The second-order valence-electron chi connectivity index (χ2n) is 6.31. The van der Waals surface area contributed by atoms with Crippen LogP contribution in [0.4, 0.5) is 0 Å². The van der Waals surface area contributed by atoms with Gasteiger partial charge < -0.3 is 14.2 Å². The summed E-state index contributed by atoms with van der Waals surface area (Å²) < 4.78 is 7.40. The van der Waals surface area contributed by atoms with Crippen LogP contribution in [0.15, 0.2) is 60.1 Å². The van der Waals surface area contributed by atoms with Crippen molar-refractivity contribution in [3.63, 3.8) is 0 Å². The average molecular weight is 369 g/mol. The van der Waals surface area contributed by atoms with Crippen LogP contribution >= 0.6 is 11.3 Å². The van der Waals surface area contributed by atoms with Crippen LogP contribution in [-0.4, -0.2) is 35.6 Å². The minimum absolute atomic E-state index is 0.0557. The van der Waals surface area contributed by atoms with Crippen LogP contribution in [0.1, 0.15) is 26.5 Å². The molecule has 0 saturated heterocycles. The number of hydrogen-bond acceptors (Lipinski definition) is 3. The maximum absolute atomic E-state index is 12.8. The summed E-state index contributed by atoms with van der Waals surface area (Å²) in [5, 5.41) is 1.93. The molecule has 1 aromatic carbocycles. The van der Waals surface area contributed by atoms with Gasteiger partial charge >= 0.3 is 0 Å². The predicted molar refractivity (Wildman–Crippen MR) is 106 cm³/mol. The third kappa shape index (κ3) is 4.62. The summed E-state index contributed by atoms with van der Waals surface area (Å²) in [5.41, 5.74) is 3.63. The summed E-state index contributed by atoms with van der Waals surface area (Å²) in [6.45, 7) is 4.56. The molecule has 1 amide bonds. The summed E-state index contributed by atoms with van der Waals surface area (Å²) in [4.78, 5) is 15.4. The molecule has 2 heterocycles. The van der Waals surface area contributed by atoms with Crippen molar-refractivity contribution in [1.29, 1.82) is 0 Å². The molecule has 3 rings (SSSR count). The van der Waals surface area contributed by atoms with Crippen molar-refractivity contribution in [3.8, 4) is 0 Å². The summed E-state index contributed by atoms with van der Waals surface area (Å²) in [6, 6.07) is 16.5. The zero-order chi connectivity index (χ0) is 18.4. The van der Waals surface area contributed by atoms with Gasteiger partial charge in [-0.3, -0.25) is 4.79 Å². The Kier molecular flexibility index (Phi) is 6.26. The van der Waals surface area contributed by atoms with Gasteiger partial charge in [-0.05, 0) is 36.1 Å². The van der Waals surface area contributed by atoms with Crippen LogP contribution < -0.4 is 0 Å². The Labute approximate surface area is 158 Å². The van der Waals surface area contributed by atoms with Crippen LogP contribution in [0, 0.1) is 6.92 Å². The third-order valence-corrected chi connectivity index (χ3v) is 5.19. The number of carbonyl (C=O) groups excluding carboxylic acids is 1. The molecule has 0 saturated carbocycles. The molecule has 5 heteroatoms. The van der Waals surface area contributed by atoms with Gasteiger partial charge in [-0.15, -0.1) is 11.3 Å². The average Bonchev–Trinajstić information content (AvgIpc) is 3.32. The van der Waals surface area contributed by atoms with E-state index in [1.807, 2.05) is 28.5 Å². The van der Waals surface area contributed by atoms with Gasteiger partial charge in [0.15, 0.2) is 0 Å². The van der Waals surface area contributed by atoms with Crippen LogP contribution in [0.3, 0.4) is 0 Å². The highest BCUT2D eigenvalue weighted by Crippen LogP contribution is 2.16. The highest BCUT2D eigenvalue weighted by molar-refractivity contribution is 7.12. The molecule has 0 aliphatic carbocycles. The monoisotopic (exact) mass is 368 g/mol. The van der Waals surface area contributed by atoms with Crippen molar-refractivity contribution >= 4 is 17.2 Å². The summed E-state index contributed by atoms with van der Waals surface area (Å²) in [6.07, 6.45) is 2.07. The number of amides is 1. The molecular formula is C21H24N2O2S. The lowest BCUT2D eigenvalue weighted by Crippen LogP contribution is -2.33. The molecule has 0 unspecified atom stereocenters. The molecule has 0 radical (unpaired) electrons. The maximum atomic E-state index is 12.8. The first kappa shape index (κ1) is 18.4. The zero-order valence-corrected chi connectivity index (χ0v) is 16.0. The van der Waals surface area contributed by atoms with Gasteiger partial charge in [-0.1, -0.05) is 35.9 Å². The molecule has 0 N–H and O–H groups in total. The maximum Gasteiger partial charge on any atom is 0.264 e. The largest absolute Gasteiger partial charge is 0.383 e. The van der Waals surface area contributed by atoms with E-state index in [1.165, 1.54) is 22.5 Å². The van der Waals surface area contributed by atoms with Gasteiger partial charge in [0.25, 0.3) is 5.91 Å². The smallest absolute Gasteiger partial charge is 0.264 e. The van der Waals surface area contributed by atoms with E-state index in [0.717, 1.165) is 17.1 Å². The number of benzene rings is 1. The van der Waals surface area contributed by atoms with Gasteiger partial charge in [0.2, 0.25) is 0 Å². The van der Waals surface area contributed by atoms with Crippen LogP contribution in [-0.2, 0) is 17.8 Å². The Morgan fingerprint density at radius 1 is 1.15 bits per heavy atom. The molecule has 0 bridgehead atoms. The molecular weight excluding hydrogens is 344 g/mol. The summed E-state index contributed by atoms with van der Waals surface area (Å²) in [7, 11) is 1.66. The van der Waals surface area contributed by atoms with Gasteiger partial charge in [0.05, 0.1) is 18.0 Å². The van der Waals surface area contributed by atoms with E-state index < -0.39 is 0 Å². The number of ether oxygens (including phenoxy) is 1. The lowest BCUT2D eigenvalue weighted by Gasteiger charge is -2.23. The van der Waals surface area contributed by atoms with Gasteiger partial charge in [0.1, 0.15) is 0 Å². The minimum Gasteiger partial charge on any atom is -0.383 e. The lowest BCUT2D eigenvalue weighted by atomic mass is 10.1. The molecule has 4 nitrogen and oxygen atoms in total. The fourth-order valence-electron chi connectivity index (χ4n) is 2.84. The van der Waals surface area contributed by atoms with E-state index in [-0.39, 0.29) is 5.91 Å². The van der Waals surface area contributed by atoms with Gasteiger partial charge in [-0.2, -0.15) is 0 Å². The van der Waals surface area contributed by atoms with Crippen molar-refractivity contribution < 1.29 is 9.53 Å². The number of aromatic nitrogens is 1. The fraction of sp³-hybridized carbons (Fsp3) is 0.286. The number of carbonyl (C=O) groups is 1. The van der Waals surface area contributed by atoms with Crippen LogP contribution in [0.25, 0.3) is 0 Å². The van der Waals surface area contributed by atoms with Crippen LogP contribution in [0.5, 0.6) is 0 Å². The summed E-state index contributed by atoms with van der Waals surface area (Å²) >= 11 is 1.47. The molecule has 0 atom stereocenters. The number of nitrogens with zero attached hydrogens (tertiary/aromatic N) is 2. The molecule has 136 valence electrons. The zero-order valence-electron chi connectivity index (χ0n) is 15.2. The molecule has 26 heavy (non-hydrogen) atoms. The first-order valence-electron chi connectivity index (χ1n) is 8.68. The van der Waals surface area contributed by atoms with E-state index in [9.17, 15) is 4.79 Å². The normalized spacial score (nSPS) is 10.8. The second kappa shape index (κ2) is 8.83. The van der Waals surface area contributed by atoms with Crippen molar-refractivity contribution in [1.82, 2.24) is 9.47 Å². The van der Waals surface area contributed by atoms with Gasteiger partial charge in [-0.25, -0.2) is 0 Å². The first-order valence-corrected chi connectivity index (χ1v) is 9.56. The molecule has 3 aromatic rings. The Bertz CT molecular complexity index is 822. The second-order valence-corrected chi connectivity index (χ2v) is 7.26. The molecule has 0 aliphatic rings. The lowest BCUT2D eigenvalue weighted by molar-refractivity contribution is 0.0681. The Hall–Kier alpha value is -2.37. The molecule has 2 aromatic heterocycles. The number of rotatable bonds is 8. The third-order valence-electron chi connectivity index (χ3n) is 4.33.